The molecule has 0 bridgehead atoms. The fraction of sp³-hybridized carbons (Fsp3) is 0.129. The minimum absolute atomic E-state index is 0.135. The maximum absolute atomic E-state index is 13.7. The Kier molecular flexibility index (Phi) is 6.91. The fourth-order valence-electron chi connectivity index (χ4n) is 4.55. The number of ether oxygens (including phenoxy) is 1. The highest BCUT2D eigenvalue weighted by molar-refractivity contribution is 5.94. The lowest BCUT2D eigenvalue weighted by Crippen LogP contribution is -2.39. The van der Waals surface area contributed by atoms with Crippen LogP contribution in [0.2, 0.25) is 0 Å². The summed E-state index contributed by atoms with van der Waals surface area (Å²) in [5.74, 6) is 0.244. The van der Waals surface area contributed by atoms with Gasteiger partial charge in [0.05, 0.1) is 36.3 Å². The minimum Gasteiger partial charge on any atom is -0.495 e. The van der Waals surface area contributed by atoms with Crippen molar-refractivity contribution in [2.24, 2.45) is 0 Å². The molecule has 0 radical (unpaired) electrons. The number of aromatic nitrogens is 2. The summed E-state index contributed by atoms with van der Waals surface area (Å²) in [6.45, 7) is 2.16. The van der Waals surface area contributed by atoms with Crippen molar-refractivity contribution in [3.8, 4) is 11.4 Å². The zero-order valence-corrected chi connectivity index (χ0v) is 21.1. The predicted molar refractivity (Wildman–Crippen MR) is 148 cm³/mol. The number of nitrogens with zero attached hydrogens (tertiary/aromatic N) is 2. The maximum Gasteiger partial charge on any atom is 0.336 e. The number of hydrogen-bond donors (Lipinski definition) is 1. The molecule has 1 amide bonds. The molecule has 0 unspecified atom stereocenters. The van der Waals surface area contributed by atoms with Crippen LogP contribution in [0.1, 0.15) is 34.5 Å². The molecule has 0 spiro atoms. The van der Waals surface area contributed by atoms with Gasteiger partial charge >= 0.3 is 5.69 Å². The number of benzene rings is 4. The SMILES string of the molecule is COc1ccccc1-n1c(=O)c2ccccc2n(Cc2ccc(C(=O)N[C@H](C)c3ccccc3)cc2)c1=O. The molecule has 1 N–H and O–H groups in total. The van der Waals surface area contributed by atoms with E-state index in [0.717, 1.165) is 15.7 Å². The number of rotatable bonds is 7. The van der Waals surface area contributed by atoms with Crippen molar-refractivity contribution in [1.29, 1.82) is 0 Å². The van der Waals surface area contributed by atoms with E-state index in [2.05, 4.69) is 5.32 Å². The molecule has 5 rings (SSSR count). The number of amides is 1. The Balaban J connectivity index is 1.49. The van der Waals surface area contributed by atoms with Crippen molar-refractivity contribution < 1.29 is 9.53 Å². The fourth-order valence-corrected chi connectivity index (χ4v) is 4.55. The third-order valence-electron chi connectivity index (χ3n) is 6.58. The molecule has 190 valence electrons. The van der Waals surface area contributed by atoms with Gasteiger partial charge in [0.25, 0.3) is 11.5 Å². The molecular weight excluding hydrogens is 478 g/mol. The van der Waals surface area contributed by atoms with E-state index in [4.69, 9.17) is 4.74 Å². The molecule has 0 aliphatic rings. The first kappa shape index (κ1) is 24.8. The monoisotopic (exact) mass is 505 g/mol. The van der Waals surface area contributed by atoms with Crippen LogP contribution in [0.25, 0.3) is 16.6 Å². The van der Waals surface area contributed by atoms with Crippen LogP contribution in [0, 0.1) is 0 Å². The van der Waals surface area contributed by atoms with E-state index >= 15 is 0 Å². The Labute approximate surface area is 219 Å². The first-order valence-corrected chi connectivity index (χ1v) is 12.3. The molecule has 7 nitrogen and oxygen atoms in total. The first-order valence-electron chi connectivity index (χ1n) is 12.3. The molecule has 0 saturated carbocycles. The summed E-state index contributed by atoms with van der Waals surface area (Å²) in [7, 11) is 1.50. The van der Waals surface area contributed by atoms with Crippen LogP contribution in [-0.4, -0.2) is 22.2 Å². The third kappa shape index (κ3) is 4.74. The van der Waals surface area contributed by atoms with Gasteiger partial charge in [-0.25, -0.2) is 9.36 Å². The molecule has 7 heteroatoms. The number of para-hydroxylation sites is 3. The molecule has 0 fully saturated rings. The Bertz CT molecular complexity index is 1720. The highest BCUT2D eigenvalue weighted by Crippen LogP contribution is 2.21. The molecule has 4 aromatic carbocycles. The van der Waals surface area contributed by atoms with E-state index in [9.17, 15) is 14.4 Å². The van der Waals surface area contributed by atoms with Crippen LogP contribution in [0.3, 0.4) is 0 Å². The standard InChI is InChI=1S/C31H27N3O4/c1-21(23-10-4-3-5-11-23)32-29(35)24-18-16-22(17-19-24)20-33-26-13-7-6-12-25(26)30(36)34(31(33)37)27-14-8-9-15-28(27)38-2/h3-19,21H,20H2,1-2H3,(H,32,35)/t21-/m1/s1. The van der Waals surface area contributed by atoms with Gasteiger partial charge in [0.1, 0.15) is 5.75 Å². The van der Waals surface area contributed by atoms with E-state index in [1.54, 1.807) is 65.2 Å². The average molecular weight is 506 g/mol. The van der Waals surface area contributed by atoms with Crippen molar-refractivity contribution >= 4 is 16.8 Å². The minimum atomic E-state index is -0.475. The quantitative estimate of drug-likeness (QED) is 0.348. The zero-order valence-electron chi connectivity index (χ0n) is 21.1. The second-order valence-electron chi connectivity index (χ2n) is 9.00. The highest BCUT2D eigenvalue weighted by Gasteiger charge is 2.17. The molecule has 0 saturated heterocycles. The van der Waals surface area contributed by atoms with Crippen molar-refractivity contribution in [2.45, 2.75) is 19.5 Å². The summed E-state index contributed by atoms with van der Waals surface area (Å²) in [5.41, 5.74) is 2.38. The van der Waals surface area contributed by atoms with E-state index in [-0.39, 0.29) is 18.5 Å². The maximum atomic E-state index is 13.7. The van der Waals surface area contributed by atoms with Gasteiger partial charge in [-0.1, -0.05) is 66.7 Å². The average Bonchev–Trinajstić information content (AvgIpc) is 2.96. The molecular formula is C31H27N3O4. The van der Waals surface area contributed by atoms with Crippen molar-refractivity contribution in [3.05, 3.63) is 141 Å². The van der Waals surface area contributed by atoms with Crippen LogP contribution in [0.4, 0.5) is 0 Å². The van der Waals surface area contributed by atoms with Gasteiger partial charge in [-0.15, -0.1) is 0 Å². The largest absolute Gasteiger partial charge is 0.495 e. The lowest BCUT2D eigenvalue weighted by atomic mass is 10.1. The number of hydrogen-bond acceptors (Lipinski definition) is 4. The predicted octanol–water partition coefficient (Wildman–Crippen LogP) is 4.70. The molecule has 38 heavy (non-hydrogen) atoms. The number of methoxy groups -OCH3 is 1. The highest BCUT2D eigenvalue weighted by atomic mass is 16.5. The van der Waals surface area contributed by atoms with Crippen molar-refractivity contribution in [1.82, 2.24) is 14.5 Å². The van der Waals surface area contributed by atoms with Gasteiger partial charge < -0.3 is 10.1 Å². The molecule has 1 heterocycles. The third-order valence-corrected chi connectivity index (χ3v) is 6.58. The van der Waals surface area contributed by atoms with Gasteiger partial charge in [-0.2, -0.15) is 0 Å². The topological polar surface area (TPSA) is 82.3 Å². The van der Waals surface area contributed by atoms with Crippen LogP contribution in [0.15, 0.2) is 113 Å². The van der Waals surface area contributed by atoms with E-state index in [1.807, 2.05) is 49.4 Å². The summed E-state index contributed by atoms with van der Waals surface area (Å²) in [4.78, 5) is 39.9. The summed E-state index contributed by atoms with van der Waals surface area (Å²) < 4.78 is 8.14. The zero-order chi connectivity index (χ0) is 26.6. The second kappa shape index (κ2) is 10.6. The Morgan fingerprint density at radius 2 is 1.50 bits per heavy atom. The number of carbonyl (C=O) groups excluding carboxylic acids is 1. The first-order chi connectivity index (χ1) is 18.5. The van der Waals surface area contributed by atoms with Crippen molar-refractivity contribution in [3.63, 3.8) is 0 Å². The van der Waals surface area contributed by atoms with Gasteiger partial charge in [-0.3, -0.25) is 14.2 Å². The van der Waals surface area contributed by atoms with Crippen molar-refractivity contribution in [2.75, 3.05) is 7.11 Å². The number of nitrogens with one attached hydrogen (secondary N) is 1. The normalized spacial score (nSPS) is 11.7. The summed E-state index contributed by atoms with van der Waals surface area (Å²) >= 11 is 0. The lowest BCUT2D eigenvalue weighted by molar-refractivity contribution is 0.0940. The number of fused-ring (bicyclic) bond motifs is 1. The Morgan fingerprint density at radius 3 is 2.24 bits per heavy atom. The van der Waals surface area contributed by atoms with Gasteiger partial charge in [0.15, 0.2) is 0 Å². The molecule has 1 aromatic heterocycles. The lowest BCUT2D eigenvalue weighted by Gasteiger charge is -2.16. The molecule has 1 atom stereocenters. The Morgan fingerprint density at radius 1 is 0.842 bits per heavy atom. The van der Waals surface area contributed by atoms with Crippen LogP contribution >= 0.6 is 0 Å². The summed E-state index contributed by atoms with van der Waals surface area (Å²) in [5, 5.41) is 3.43. The Hall–Kier alpha value is -4.91. The molecule has 5 aromatic rings. The van der Waals surface area contributed by atoms with E-state index in [1.165, 1.54) is 7.11 Å². The second-order valence-corrected chi connectivity index (χ2v) is 9.00. The smallest absolute Gasteiger partial charge is 0.336 e. The van der Waals surface area contributed by atoms with Gasteiger partial charge in [0.2, 0.25) is 0 Å². The summed E-state index contributed by atoms with van der Waals surface area (Å²) in [6.07, 6.45) is 0. The molecule has 0 aliphatic carbocycles. The van der Waals surface area contributed by atoms with Crippen LogP contribution in [-0.2, 0) is 6.54 Å². The van der Waals surface area contributed by atoms with E-state index < -0.39 is 11.2 Å². The summed E-state index contributed by atoms with van der Waals surface area (Å²) in [6, 6.07) is 30.7. The number of carbonyl (C=O) groups is 1. The van der Waals surface area contributed by atoms with E-state index in [0.29, 0.717) is 27.9 Å². The van der Waals surface area contributed by atoms with Gasteiger partial charge in [0, 0.05) is 5.56 Å². The van der Waals surface area contributed by atoms with Crippen LogP contribution < -0.4 is 21.3 Å². The van der Waals surface area contributed by atoms with Gasteiger partial charge in [-0.05, 0) is 54.4 Å². The molecule has 0 aliphatic heterocycles. The van der Waals surface area contributed by atoms with Crippen LogP contribution in [0.5, 0.6) is 5.75 Å².